The third-order valence-corrected chi connectivity index (χ3v) is 3.53. The van der Waals surface area contributed by atoms with Crippen LogP contribution in [0.4, 0.5) is 0 Å². The Morgan fingerprint density at radius 1 is 1.15 bits per heavy atom. The number of ether oxygens (including phenoxy) is 1. The molecule has 1 atom stereocenters. The number of nitrogens with two attached hydrogens (primary N) is 1. The van der Waals surface area contributed by atoms with Crippen LogP contribution >= 0.6 is 0 Å². The van der Waals surface area contributed by atoms with Crippen molar-refractivity contribution < 1.29 is 4.74 Å². The lowest BCUT2D eigenvalue weighted by Crippen LogP contribution is -2.21. The van der Waals surface area contributed by atoms with Gasteiger partial charge in [-0.25, -0.2) is 0 Å². The summed E-state index contributed by atoms with van der Waals surface area (Å²) in [6.07, 6.45) is 7.98. The van der Waals surface area contributed by atoms with Crippen molar-refractivity contribution in [1.82, 2.24) is 9.78 Å². The van der Waals surface area contributed by atoms with Crippen LogP contribution in [0.2, 0.25) is 0 Å². The van der Waals surface area contributed by atoms with Crippen molar-refractivity contribution in [3.63, 3.8) is 0 Å². The maximum Gasteiger partial charge on any atom is 0.118 e. The van der Waals surface area contributed by atoms with E-state index in [0.29, 0.717) is 0 Å². The van der Waals surface area contributed by atoms with Crippen LogP contribution in [0.3, 0.4) is 0 Å². The van der Waals surface area contributed by atoms with Gasteiger partial charge in [-0.1, -0.05) is 12.1 Å². The number of nitrogens with zero attached hydrogens (tertiary/aromatic N) is 2. The monoisotopic (exact) mass is 273 g/mol. The van der Waals surface area contributed by atoms with E-state index in [1.54, 1.807) is 7.11 Å². The van der Waals surface area contributed by atoms with Crippen LogP contribution in [0.25, 0.3) is 0 Å². The molecule has 0 aliphatic heterocycles. The molecule has 0 aliphatic rings. The van der Waals surface area contributed by atoms with Gasteiger partial charge in [0.25, 0.3) is 0 Å². The van der Waals surface area contributed by atoms with Gasteiger partial charge in [0.2, 0.25) is 0 Å². The predicted molar refractivity (Wildman–Crippen MR) is 80.8 cm³/mol. The molecule has 0 spiro atoms. The average molecular weight is 273 g/mol. The minimum Gasteiger partial charge on any atom is -0.497 e. The Balaban J connectivity index is 1.72. The Labute approximate surface area is 120 Å². The van der Waals surface area contributed by atoms with E-state index in [0.717, 1.165) is 31.4 Å². The summed E-state index contributed by atoms with van der Waals surface area (Å²) in [5, 5.41) is 4.17. The van der Waals surface area contributed by atoms with Crippen LogP contribution in [0, 0.1) is 0 Å². The van der Waals surface area contributed by atoms with Gasteiger partial charge < -0.3 is 10.5 Å². The summed E-state index contributed by atoms with van der Waals surface area (Å²) in [4.78, 5) is 0. The minimum absolute atomic E-state index is 0.234. The molecule has 108 valence electrons. The van der Waals surface area contributed by atoms with Crippen LogP contribution in [-0.4, -0.2) is 22.9 Å². The molecule has 2 N–H and O–H groups in total. The number of aromatic nitrogens is 2. The fourth-order valence-electron chi connectivity index (χ4n) is 2.24. The summed E-state index contributed by atoms with van der Waals surface area (Å²) in [7, 11) is 3.62. The Morgan fingerprint density at radius 2 is 1.80 bits per heavy atom. The first-order chi connectivity index (χ1) is 9.67. The van der Waals surface area contributed by atoms with Gasteiger partial charge in [-0.3, -0.25) is 4.68 Å². The number of rotatable bonds is 7. The van der Waals surface area contributed by atoms with E-state index in [2.05, 4.69) is 23.4 Å². The topological polar surface area (TPSA) is 53.1 Å². The fourth-order valence-corrected chi connectivity index (χ4v) is 2.24. The lowest BCUT2D eigenvalue weighted by Gasteiger charge is -2.11. The van der Waals surface area contributed by atoms with E-state index in [-0.39, 0.29) is 6.04 Å². The molecule has 4 nitrogen and oxygen atoms in total. The van der Waals surface area contributed by atoms with E-state index in [1.807, 2.05) is 30.1 Å². The molecule has 20 heavy (non-hydrogen) atoms. The van der Waals surface area contributed by atoms with Crippen molar-refractivity contribution >= 4 is 0 Å². The molecule has 1 aromatic heterocycles. The summed E-state index contributed by atoms with van der Waals surface area (Å²) >= 11 is 0. The second-order valence-corrected chi connectivity index (χ2v) is 5.21. The zero-order valence-corrected chi connectivity index (χ0v) is 12.2. The second kappa shape index (κ2) is 7.10. The molecule has 4 heteroatoms. The third-order valence-electron chi connectivity index (χ3n) is 3.53. The van der Waals surface area contributed by atoms with Crippen molar-refractivity contribution in [3.05, 3.63) is 47.8 Å². The van der Waals surface area contributed by atoms with Gasteiger partial charge in [0.15, 0.2) is 0 Å². The van der Waals surface area contributed by atoms with Crippen LogP contribution in [0.1, 0.15) is 24.0 Å². The van der Waals surface area contributed by atoms with Crippen molar-refractivity contribution in [3.8, 4) is 5.75 Å². The molecule has 1 heterocycles. The maximum atomic E-state index is 6.18. The molecular formula is C16H23N3O. The first kappa shape index (κ1) is 14.6. The largest absolute Gasteiger partial charge is 0.497 e. The molecule has 2 aromatic rings. The van der Waals surface area contributed by atoms with Crippen molar-refractivity contribution in [2.45, 2.75) is 31.7 Å². The zero-order valence-electron chi connectivity index (χ0n) is 12.2. The molecule has 0 bridgehead atoms. The number of methoxy groups -OCH3 is 1. The highest BCUT2D eigenvalue weighted by Crippen LogP contribution is 2.14. The molecule has 0 amide bonds. The van der Waals surface area contributed by atoms with Crippen LogP contribution in [0.15, 0.2) is 36.7 Å². The molecular weight excluding hydrogens is 250 g/mol. The SMILES string of the molecule is COc1ccc(CCC(N)CCc2cnn(C)c2)cc1. The molecule has 1 aromatic carbocycles. The molecule has 0 saturated heterocycles. The Hall–Kier alpha value is -1.81. The standard InChI is InChI=1S/C16H23N3O/c1-19-12-14(11-18-19)4-8-15(17)7-3-13-5-9-16(20-2)10-6-13/h5-6,9-12,15H,3-4,7-8,17H2,1-2H3. The predicted octanol–water partition coefficient (Wildman–Crippen LogP) is 2.32. The van der Waals surface area contributed by atoms with Crippen molar-refractivity contribution in [2.75, 3.05) is 7.11 Å². The molecule has 0 radical (unpaired) electrons. The normalized spacial score (nSPS) is 12.3. The number of hydrogen-bond acceptors (Lipinski definition) is 3. The van der Waals surface area contributed by atoms with Crippen LogP contribution in [0.5, 0.6) is 5.75 Å². The maximum absolute atomic E-state index is 6.18. The Morgan fingerprint density at radius 3 is 2.35 bits per heavy atom. The van der Waals surface area contributed by atoms with Gasteiger partial charge in [0.05, 0.1) is 13.3 Å². The van der Waals surface area contributed by atoms with Gasteiger partial charge >= 0.3 is 0 Å². The smallest absolute Gasteiger partial charge is 0.118 e. The first-order valence-corrected chi connectivity index (χ1v) is 7.03. The lowest BCUT2D eigenvalue weighted by atomic mass is 10.0. The van der Waals surface area contributed by atoms with Gasteiger partial charge in [0, 0.05) is 19.3 Å². The van der Waals surface area contributed by atoms with Crippen molar-refractivity contribution in [1.29, 1.82) is 0 Å². The van der Waals surface area contributed by atoms with Gasteiger partial charge in [-0.2, -0.15) is 5.10 Å². The fraction of sp³-hybridized carbons (Fsp3) is 0.438. The number of hydrogen-bond donors (Lipinski definition) is 1. The molecule has 1 unspecified atom stereocenters. The number of benzene rings is 1. The summed E-state index contributed by atoms with van der Waals surface area (Å²) in [6.45, 7) is 0. The highest BCUT2D eigenvalue weighted by atomic mass is 16.5. The summed E-state index contributed by atoms with van der Waals surface area (Å²) < 4.78 is 6.98. The van der Waals surface area contributed by atoms with Crippen molar-refractivity contribution in [2.24, 2.45) is 12.8 Å². The van der Waals surface area contributed by atoms with Gasteiger partial charge in [-0.05, 0) is 48.9 Å². The van der Waals surface area contributed by atoms with E-state index in [4.69, 9.17) is 10.5 Å². The second-order valence-electron chi connectivity index (χ2n) is 5.21. The highest BCUT2D eigenvalue weighted by molar-refractivity contribution is 5.27. The van der Waals surface area contributed by atoms with E-state index < -0.39 is 0 Å². The summed E-state index contributed by atoms with van der Waals surface area (Å²) in [6, 6.07) is 8.43. The third kappa shape index (κ3) is 4.38. The lowest BCUT2D eigenvalue weighted by molar-refractivity contribution is 0.414. The highest BCUT2D eigenvalue weighted by Gasteiger charge is 2.05. The average Bonchev–Trinajstić information content (AvgIpc) is 2.89. The number of aryl methyl sites for hydroxylation is 3. The molecule has 0 saturated carbocycles. The quantitative estimate of drug-likeness (QED) is 0.842. The van der Waals surface area contributed by atoms with E-state index >= 15 is 0 Å². The molecule has 0 aliphatic carbocycles. The molecule has 2 rings (SSSR count). The van der Waals surface area contributed by atoms with Gasteiger partial charge in [0.1, 0.15) is 5.75 Å². The summed E-state index contributed by atoms with van der Waals surface area (Å²) in [5.41, 5.74) is 8.75. The Bertz CT molecular complexity index is 519. The first-order valence-electron chi connectivity index (χ1n) is 7.03. The minimum atomic E-state index is 0.234. The van der Waals surface area contributed by atoms with Crippen LogP contribution in [-0.2, 0) is 19.9 Å². The van der Waals surface area contributed by atoms with Crippen LogP contribution < -0.4 is 10.5 Å². The Kier molecular flexibility index (Phi) is 5.18. The summed E-state index contributed by atoms with van der Waals surface area (Å²) in [5.74, 6) is 0.898. The van der Waals surface area contributed by atoms with Gasteiger partial charge in [-0.15, -0.1) is 0 Å². The van der Waals surface area contributed by atoms with E-state index in [9.17, 15) is 0 Å². The zero-order chi connectivity index (χ0) is 14.4. The van der Waals surface area contributed by atoms with E-state index in [1.165, 1.54) is 11.1 Å². The molecule has 0 fully saturated rings.